The zero-order chi connectivity index (χ0) is 10.1. The van der Waals surface area contributed by atoms with Crippen LogP contribution in [0.1, 0.15) is 41.0 Å². The van der Waals surface area contributed by atoms with Crippen LogP contribution < -0.4 is 0 Å². The molecule has 0 aromatic carbocycles. The molecule has 0 bridgehead atoms. The van der Waals surface area contributed by atoms with E-state index in [2.05, 4.69) is 40.7 Å². The summed E-state index contributed by atoms with van der Waals surface area (Å²) in [6.07, 6.45) is 3.28. The van der Waals surface area contributed by atoms with Gasteiger partial charge in [0.25, 0.3) is 0 Å². The van der Waals surface area contributed by atoms with Crippen LogP contribution in [0.25, 0.3) is 0 Å². The highest BCUT2D eigenvalue weighted by Gasteiger charge is 2.30. The second-order valence-electron chi connectivity index (χ2n) is 4.13. The number of ether oxygens (including phenoxy) is 1. The Morgan fingerprint density at radius 2 is 2.00 bits per heavy atom. The molecule has 1 aliphatic rings. The third kappa shape index (κ3) is 2.02. The van der Waals surface area contributed by atoms with Gasteiger partial charge >= 0.3 is 0 Å². The van der Waals surface area contributed by atoms with Crippen molar-refractivity contribution in [1.82, 2.24) is 0 Å². The van der Waals surface area contributed by atoms with Gasteiger partial charge in [-0.15, -0.1) is 0 Å². The molecule has 0 saturated heterocycles. The Labute approximate surface area is 81.5 Å². The van der Waals surface area contributed by atoms with Gasteiger partial charge in [0, 0.05) is 13.0 Å². The Morgan fingerprint density at radius 1 is 1.38 bits per heavy atom. The Morgan fingerprint density at radius 3 is 2.54 bits per heavy atom. The van der Waals surface area contributed by atoms with Crippen LogP contribution in [0.5, 0.6) is 0 Å². The minimum Gasteiger partial charge on any atom is -0.371 e. The van der Waals surface area contributed by atoms with Crippen LogP contribution in [0.2, 0.25) is 0 Å². The summed E-state index contributed by atoms with van der Waals surface area (Å²) in [5, 5.41) is 0. The van der Waals surface area contributed by atoms with Crippen LogP contribution in [0.3, 0.4) is 0 Å². The van der Waals surface area contributed by atoms with Crippen molar-refractivity contribution in [3.8, 4) is 0 Å². The standard InChI is InChI=1S/C12H20O/c1-6-13-12(5)8-10(3)9(2)7-11(12)4/h7H,6,8H2,1-5H3. The minimum absolute atomic E-state index is 0.0572. The lowest BCUT2D eigenvalue weighted by Gasteiger charge is -2.34. The normalized spacial score (nSPS) is 29.2. The Bertz CT molecular complexity index is 260. The molecule has 0 radical (unpaired) electrons. The molecule has 0 spiro atoms. The topological polar surface area (TPSA) is 9.23 Å². The van der Waals surface area contributed by atoms with Crippen molar-refractivity contribution in [1.29, 1.82) is 0 Å². The van der Waals surface area contributed by atoms with E-state index < -0.39 is 0 Å². The van der Waals surface area contributed by atoms with Gasteiger partial charge in [-0.05, 0) is 40.2 Å². The largest absolute Gasteiger partial charge is 0.371 e. The smallest absolute Gasteiger partial charge is 0.0900 e. The van der Waals surface area contributed by atoms with Gasteiger partial charge in [-0.1, -0.05) is 17.2 Å². The lowest BCUT2D eigenvalue weighted by Crippen LogP contribution is -2.32. The summed E-state index contributed by atoms with van der Waals surface area (Å²) in [6.45, 7) is 11.5. The van der Waals surface area contributed by atoms with Gasteiger partial charge < -0.3 is 4.74 Å². The van der Waals surface area contributed by atoms with E-state index in [0.717, 1.165) is 13.0 Å². The molecule has 1 aliphatic carbocycles. The average molecular weight is 180 g/mol. The maximum absolute atomic E-state index is 5.80. The predicted molar refractivity (Wildman–Crippen MR) is 56.8 cm³/mol. The van der Waals surface area contributed by atoms with Crippen molar-refractivity contribution in [2.45, 2.75) is 46.6 Å². The van der Waals surface area contributed by atoms with Gasteiger partial charge in [0.15, 0.2) is 0 Å². The fourth-order valence-electron chi connectivity index (χ4n) is 1.87. The number of hydrogen-bond donors (Lipinski definition) is 0. The Hall–Kier alpha value is -0.560. The summed E-state index contributed by atoms with van der Waals surface area (Å²) in [7, 11) is 0. The molecular weight excluding hydrogens is 160 g/mol. The summed E-state index contributed by atoms with van der Waals surface area (Å²) in [4.78, 5) is 0. The molecule has 0 N–H and O–H groups in total. The van der Waals surface area contributed by atoms with Crippen molar-refractivity contribution in [2.75, 3.05) is 6.61 Å². The van der Waals surface area contributed by atoms with Crippen molar-refractivity contribution in [2.24, 2.45) is 0 Å². The van der Waals surface area contributed by atoms with E-state index in [1.807, 2.05) is 0 Å². The average Bonchev–Trinajstić information content (AvgIpc) is 2.02. The third-order valence-corrected chi connectivity index (χ3v) is 3.01. The molecule has 0 aromatic heterocycles. The number of allylic oxidation sites excluding steroid dienone is 2. The SMILES string of the molecule is CCOC1(C)CC(C)=C(C)C=C1C. The molecule has 1 rings (SSSR count). The molecule has 1 atom stereocenters. The molecule has 0 heterocycles. The van der Waals surface area contributed by atoms with Crippen molar-refractivity contribution < 1.29 is 4.74 Å². The van der Waals surface area contributed by atoms with Crippen LogP contribution in [-0.4, -0.2) is 12.2 Å². The Kier molecular flexibility index (Phi) is 2.97. The van der Waals surface area contributed by atoms with Gasteiger partial charge in [0.05, 0.1) is 5.60 Å². The molecule has 1 heteroatoms. The highest BCUT2D eigenvalue weighted by Crippen LogP contribution is 2.34. The minimum atomic E-state index is -0.0572. The van der Waals surface area contributed by atoms with E-state index in [9.17, 15) is 0 Å². The van der Waals surface area contributed by atoms with Crippen LogP contribution in [0.4, 0.5) is 0 Å². The highest BCUT2D eigenvalue weighted by atomic mass is 16.5. The quantitative estimate of drug-likeness (QED) is 0.632. The van der Waals surface area contributed by atoms with Gasteiger partial charge in [0.2, 0.25) is 0 Å². The van der Waals surface area contributed by atoms with Gasteiger partial charge in [-0.3, -0.25) is 0 Å². The summed E-state index contributed by atoms with van der Waals surface area (Å²) in [5.74, 6) is 0. The zero-order valence-corrected chi connectivity index (χ0v) is 9.40. The summed E-state index contributed by atoms with van der Waals surface area (Å²) >= 11 is 0. The van der Waals surface area contributed by atoms with E-state index in [1.165, 1.54) is 16.7 Å². The molecular formula is C12H20O. The first-order valence-corrected chi connectivity index (χ1v) is 4.98. The van der Waals surface area contributed by atoms with E-state index in [0.29, 0.717) is 0 Å². The number of rotatable bonds is 2. The second kappa shape index (κ2) is 3.67. The fourth-order valence-corrected chi connectivity index (χ4v) is 1.87. The second-order valence-corrected chi connectivity index (χ2v) is 4.13. The van der Waals surface area contributed by atoms with E-state index in [1.54, 1.807) is 0 Å². The van der Waals surface area contributed by atoms with Gasteiger partial charge in [-0.2, -0.15) is 0 Å². The van der Waals surface area contributed by atoms with Crippen molar-refractivity contribution in [3.63, 3.8) is 0 Å². The summed E-state index contributed by atoms with van der Waals surface area (Å²) in [6, 6.07) is 0. The predicted octanol–water partition coefficient (Wildman–Crippen LogP) is 3.47. The van der Waals surface area contributed by atoms with Crippen molar-refractivity contribution >= 4 is 0 Å². The zero-order valence-electron chi connectivity index (χ0n) is 9.40. The van der Waals surface area contributed by atoms with Gasteiger partial charge in [-0.25, -0.2) is 0 Å². The number of hydrogen-bond acceptors (Lipinski definition) is 1. The van der Waals surface area contributed by atoms with Crippen LogP contribution in [-0.2, 0) is 4.74 Å². The van der Waals surface area contributed by atoms with Crippen LogP contribution in [0, 0.1) is 0 Å². The fraction of sp³-hybridized carbons (Fsp3) is 0.667. The first-order valence-electron chi connectivity index (χ1n) is 4.98. The molecule has 0 aliphatic heterocycles. The van der Waals surface area contributed by atoms with E-state index in [-0.39, 0.29) is 5.60 Å². The van der Waals surface area contributed by atoms with E-state index in [4.69, 9.17) is 4.74 Å². The molecule has 0 saturated carbocycles. The molecule has 1 nitrogen and oxygen atoms in total. The third-order valence-electron chi connectivity index (χ3n) is 3.01. The van der Waals surface area contributed by atoms with Crippen LogP contribution in [0.15, 0.2) is 22.8 Å². The molecule has 13 heavy (non-hydrogen) atoms. The van der Waals surface area contributed by atoms with Crippen molar-refractivity contribution in [3.05, 3.63) is 22.8 Å². The summed E-state index contributed by atoms with van der Waals surface area (Å²) < 4.78 is 5.80. The van der Waals surface area contributed by atoms with Crippen LogP contribution >= 0.6 is 0 Å². The molecule has 0 fully saturated rings. The first-order chi connectivity index (χ1) is 5.99. The van der Waals surface area contributed by atoms with E-state index >= 15 is 0 Å². The first kappa shape index (κ1) is 10.5. The monoisotopic (exact) mass is 180 g/mol. The lowest BCUT2D eigenvalue weighted by molar-refractivity contribution is 0.00352. The molecule has 0 amide bonds. The molecule has 1 unspecified atom stereocenters. The Balaban J connectivity index is 2.91. The highest BCUT2D eigenvalue weighted by molar-refractivity contribution is 5.36. The maximum Gasteiger partial charge on any atom is 0.0900 e. The van der Waals surface area contributed by atoms with Gasteiger partial charge in [0.1, 0.15) is 0 Å². The lowest BCUT2D eigenvalue weighted by atomic mass is 9.82. The summed E-state index contributed by atoms with van der Waals surface area (Å²) in [5.41, 5.74) is 4.13. The molecule has 74 valence electrons. The maximum atomic E-state index is 5.80. The molecule has 0 aromatic rings.